The van der Waals surface area contributed by atoms with Gasteiger partial charge in [-0.2, -0.15) is 0 Å². The Hall–Kier alpha value is -0.770. The maximum Gasteiger partial charge on any atom is 0.407 e. The van der Waals surface area contributed by atoms with Gasteiger partial charge in [0.25, 0.3) is 0 Å². The summed E-state index contributed by atoms with van der Waals surface area (Å²) in [5, 5.41) is 9.10. The zero-order valence-corrected chi connectivity index (χ0v) is 9.16. The van der Waals surface area contributed by atoms with E-state index in [9.17, 15) is 4.79 Å². The fourth-order valence-corrected chi connectivity index (χ4v) is 2.09. The van der Waals surface area contributed by atoms with Crippen LogP contribution in [0.5, 0.6) is 0 Å². The number of nitrogens with zero attached hydrogens (tertiary/aromatic N) is 1. The molecule has 1 amide bonds. The molecule has 0 aliphatic heterocycles. The highest BCUT2D eigenvalue weighted by atomic mass is 16.4. The van der Waals surface area contributed by atoms with Crippen molar-refractivity contribution in [3.05, 3.63) is 0 Å². The summed E-state index contributed by atoms with van der Waals surface area (Å²) in [7, 11) is 0. The van der Waals surface area contributed by atoms with Crippen LogP contribution in [0.2, 0.25) is 0 Å². The molecule has 0 bridgehead atoms. The van der Waals surface area contributed by atoms with Gasteiger partial charge in [0.05, 0.1) is 0 Å². The van der Waals surface area contributed by atoms with Gasteiger partial charge in [0, 0.05) is 11.6 Å². The van der Waals surface area contributed by atoms with Crippen molar-refractivity contribution in [3.63, 3.8) is 0 Å². The second-order valence-corrected chi connectivity index (χ2v) is 5.05. The summed E-state index contributed by atoms with van der Waals surface area (Å²) in [5.74, 6) is 0.518. The standard InChI is InChI=1S/C10H20N2O2/c1-10(2,3)12(9(13)14)8-4-7(5-8)6-11/h7-8H,4-6,11H2,1-3H3,(H,13,14)/t7-,8-. The first-order valence-corrected chi connectivity index (χ1v) is 5.08. The minimum Gasteiger partial charge on any atom is -0.465 e. The van der Waals surface area contributed by atoms with E-state index in [0.717, 1.165) is 12.8 Å². The third-order valence-corrected chi connectivity index (χ3v) is 2.84. The largest absolute Gasteiger partial charge is 0.465 e. The summed E-state index contributed by atoms with van der Waals surface area (Å²) in [5.41, 5.74) is 5.21. The molecule has 14 heavy (non-hydrogen) atoms. The Labute approximate surface area is 85.1 Å². The topological polar surface area (TPSA) is 66.6 Å². The molecule has 0 atom stereocenters. The third-order valence-electron chi connectivity index (χ3n) is 2.84. The van der Waals surface area contributed by atoms with Crippen molar-refractivity contribution >= 4 is 6.09 Å². The summed E-state index contributed by atoms with van der Waals surface area (Å²) in [4.78, 5) is 12.6. The van der Waals surface area contributed by atoms with Crippen LogP contribution >= 0.6 is 0 Å². The number of rotatable bonds is 2. The van der Waals surface area contributed by atoms with E-state index < -0.39 is 6.09 Å². The monoisotopic (exact) mass is 200 g/mol. The quantitative estimate of drug-likeness (QED) is 0.710. The molecule has 0 spiro atoms. The van der Waals surface area contributed by atoms with Gasteiger partial charge in [0.2, 0.25) is 0 Å². The number of amides is 1. The van der Waals surface area contributed by atoms with E-state index in [1.165, 1.54) is 0 Å². The molecule has 0 radical (unpaired) electrons. The second kappa shape index (κ2) is 3.77. The molecule has 1 fully saturated rings. The van der Waals surface area contributed by atoms with Gasteiger partial charge in [0.1, 0.15) is 0 Å². The molecule has 4 heteroatoms. The van der Waals surface area contributed by atoms with Gasteiger partial charge in [-0.25, -0.2) is 4.79 Å². The Morgan fingerprint density at radius 3 is 2.29 bits per heavy atom. The molecule has 0 unspecified atom stereocenters. The minimum atomic E-state index is -0.821. The SMILES string of the molecule is CC(C)(C)N(C(=O)O)[C@H]1C[C@H](CN)C1. The van der Waals surface area contributed by atoms with Gasteiger partial charge >= 0.3 is 6.09 Å². The highest BCUT2D eigenvalue weighted by Gasteiger charge is 2.40. The Bertz CT molecular complexity index is 217. The average Bonchev–Trinajstić information content (AvgIpc) is 1.91. The minimum absolute atomic E-state index is 0.168. The second-order valence-electron chi connectivity index (χ2n) is 5.05. The number of carbonyl (C=O) groups is 1. The lowest BCUT2D eigenvalue weighted by Crippen LogP contribution is -2.56. The van der Waals surface area contributed by atoms with Gasteiger partial charge in [-0.1, -0.05) is 0 Å². The van der Waals surface area contributed by atoms with E-state index >= 15 is 0 Å². The number of nitrogens with two attached hydrogens (primary N) is 1. The van der Waals surface area contributed by atoms with Crippen LogP contribution in [0.4, 0.5) is 4.79 Å². The van der Waals surface area contributed by atoms with Crippen molar-refractivity contribution in [2.75, 3.05) is 6.54 Å². The van der Waals surface area contributed by atoms with Crippen LogP contribution in [0.25, 0.3) is 0 Å². The molecule has 1 aliphatic rings. The van der Waals surface area contributed by atoms with Gasteiger partial charge in [-0.3, -0.25) is 0 Å². The summed E-state index contributed by atoms with van der Waals surface area (Å²) >= 11 is 0. The van der Waals surface area contributed by atoms with Gasteiger partial charge in [0.15, 0.2) is 0 Å². The van der Waals surface area contributed by atoms with Crippen molar-refractivity contribution < 1.29 is 9.90 Å². The molecule has 1 aliphatic carbocycles. The maximum atomic E-state index is 11.1. The third kappa shape index (κ3) is 2.18. The van der Waals surface area contributed by atoms with Crippen LogP contribution in [0, 0.1) is 5.92 Å². The molecule has 0 saturated heterocycles. The van der Waals surface area contributed by atoms with E-state index in [-0.39, 0.29) is 11.6 Å². The highest BCUT2D eigenvalue weighted by molar-refractivity contribution is 5.66. The molecule has 1 rings (SSSR count). The van der Waals surface area contributed by atoms with E-state index in [0.29, 0.717) is 12.5 Å². The smallest absolute Gasteiger partial charge is 0.407 e. The Kier molecular flexibility index (Phi) is 3.04. The maximum absolute atomic E-state index is 11.1. The average molecular weight is 200 g/mol. The lowest BCUT2D eigenvalue weighted by atomic mass is 9.78. The van der Waals surface area contributed by atoms with Crippen LogP contribution < -0.4 is 5.73 Å². The first kappa shape index (κ1) is 11.3. The van der Waals surface area contributed by atoms with Crippen molar-refractivity contribution in [2.45, 2.75) is 45.2 Å². The predicted molar refractivity (Wildman–Crippen MR) is 55.2 cm³/mol. The summed E-state index contributed by atoms with van der Waals surface area (Å²) in [6.45, 7) is 6.46. The molecule has 0 aromatic heterocycles. The first-order chi connectivity index (χ1) is 6.36. The summed E-state index contributed by atoms with van der Waals surface area (Å²) < 4.78 is 0. The first-order valence-electron chi connectivity index (χ1n) is 5.08. The van der Waals surface area contributed by atoms with Crippen LogP contribution in [0.1, 0.15) is 33.6 Å². The fourth-order valence-electron chi connectivity index (χ4n) is 2.09. The van der Waals surface area contributed by atoms with E-state index in [2.05, 4.69) is 0 Å². The predicted octanol–water partition coefficient (Wildman–Crippen LogP) is 1.50. The van der Waals surface area contributed by atoms with E-state index in [4.69, 9.17) is 10.8 Å². The van der Waals surface area contributed by atoms with Crippen LogP contribution in [-0.4, -0.2) is 34.2 Å². The van der Waals surface area contributed by atoms with E-state index in [1.54, 1.807) is 4.90 Å². The van der Waals surface area contributed by atoms with Gasteiger partial charge in [-0.15, -0.1) is 0 Å². The number of hydrogen-bond donors (Lipinski definition) is 2. The molecular weight excluding hydrogens is 180 g/mol. The molecule has 0 heterocycles. The van der Waals surface area contributed by atoms with Crippen molar-refractivity contribution in [3.8, 4) is 0 Å². The van der Waals surface area contributed by atoms with Crippen molar-refractivity contribution in [1.29, 1.82) is 0 Å². The molecule has 4 nitrogen and oxygen atoms in total. The number of carboxylic acid groups (broad SMARTS) is 1. The fraction of sp³-hybridized carbons (Fsp3) is 0.900. The normalized spacial score (nSPS) is 26.9. The lowest BCUT2D eigenvalue weighted by molar-refractivity contribution is 0.0207. The summed E-state index contributed by atoms with van der Waals surface area (Å²) in [6.07, 6.45) is 1.01. The van der Waals surface area contributed by atoms with Crippen LogP contribution in [0.3, 0.4) is 0 Å². The highest BCUT2D eigenvalue weighted by Crippen LogP contribution is 2.34. The van der Waals surface area contributed by atoms with Gasteiger partial charge in [-0.05, 0) is 46.1 Å². The molecule has 0 aromatic rings. The zero-order valence-electron chi connectivity index (χ0n) is 9.16. The molecule has 3 N–H and O–H groups in total. The van der Waals surface area contributed by atoms with E-state index in [1.807, 2.05) is 20.8 Å². The Balaban J connectivity index is 2.59. The molecular formula is C10H20N2O2. The van der Waals surface area contributed by atoms with Crippen LogP contribution in [0.15, 0.2) is 0 Å². The van der Waals surface area contributed by atoms with Crippen LogP contribution in [-0.2, 0) is 0 Å². The lowest BCUT2D eigenvalue weighted by Gasteiger charge is -2.47. The van der Waals surface area contributed by atoms with Gasteiger partial charge < -0.3 is 15.7 Å². The Morgan fingerprint density at radius 2 is 2.00 bits per heavy atom. The van der Waals surface area contributed by atoms with Crippen molar-refractivity contribution in [1.82, 2.24) is 4.90 Å². The summed E-state index contributed by atoms with van der Waals surface area (Å²) in [6, 6.07) is 0.168. The Morgan fingerprint density at radius 1 is 1.50 bits per heavy atom. The number of hydrogen-bond acceptors (Lipinski definition) is 2. The van der Waals surface area contributed by atoms with Crippen molar-refractivity contribution in [2.24, 2.45) is 11.7 Å². The molecule has 1 saturated carbocycles. The molecule has 0 aromatic carbocycles. The molecule has 82 valence electrons. The zero-order chi connectivity index (χ0) is 10.9.